The van der Waals surface area contributed by atoms with Crippen molar-refractivity contribution in [3.8, 4) is 11.5 Å². The van der Waals surface area contributed by atoms with Gasteiger partial charge in [0.1, 0.15) is 11.5 Å². The highest BCUT2D eigenvalue weighted by molar-refractivity contribution is 5.40. The lowest BCUT2D eigenvalue weighted by Gasteiger charge is -2.12. The fraction of sp³-hybridized carbons (Fsp3) is 0.571. The largest absolute Gasteiger partial charge is 0.497 e. The molecule has 96 valence electrons. The van der Waals surface area contributed by atoms with Crippen molar-refractivity contribution in [2.45, 2.75) is 33.2 Å². The summed E-state index contributed by atoms with van der Waals surface area (Å²) < 4.78 is 10.9. The van der Waals surface area contributed by atoms with Crippen LogP contribution in [-0.2, 0) is 6.54 Å². The van der Waals surface area contributed by atoms with Crippen LogP contribution in [0.5, 0.6) is 11.5 Å². The van der Waals surface area contributed by atoms with E-state index in [-0.39, 0.29) is 0 Å². The highest BCUT2D eigenvalue weighted by Gasteiger charge is 2.04. The van der Waals surface area contributed by atoms with Crippen LogP contribution in [0.3, 0.4) is 0 Å². The summed E-state index contributed by atoms with van der Waals surface area (Å²) in [5, 5.41) is 0. The summed E-state index contributed by atoms with van der Waals surface area (Å²) >= 11 is 0. The Morgan fingerprint density at radius 2 is 2.06 bits per heavy atom. The van der Waals surface area contributed by atoms with E-state index in [1.807, 2.05) is 18.2 Å². The smallest absolute Gasteiger partial charge is 0.124 e. The topological polar surface area (TPSA) is 44.5 Å². The van der Waals surface area contributed by atoms with Crippen LogP contribution >= 0.6 is 0 Å². The zero-order valence-electron chi connectivity index (χ0n) is 11.0. The number of rotatable bonds is 7. The van der Waals surface area contributed by atoms with Gasteiger partial charge in [-0.15, -0.1) is 0 Å². The molecule has 2 N–H and O–H groups in total. The number of hydrogen-bond donors (Lipinski definition) is 1. The highest BCUT2D eigenvalue weighted by Crippen LogP contribution is 2.24. The molecule has 1 rings (SSSR count). The Balaban J connectivity index is 2.52. The van der Waals surface area contributed by atoms with E-state index in [4.69, 9.17) is 15.2 Å². The van der Waals surface area contributed by atoms with E-state index < -0.39 is 0 Å². The maximum absolute atomic E-state index is 5.74. The average molecular weight is 237 g/mol. The van der Waals surface area contributed by atoms with E-state index in [0.29, 0.717) is 6.54 Å². The summed E-state index contributed by atoms with van der Waals surface area (Å²) in [7, 11) is 1.65. The Labute approximate surface area is 104 Å². The highest BCUT2D eigenvalue weighted by atomic mass is 16.5. The standard InChI is InChI=1S/C14H23NO2/c1-11(2)5-4-8-17-14-7-6-13(16-3)9-12(14)10-15/h6-7,9,11H,4-5,8,10,15H2,1-3H3. The second-order valence-electron chi connectivity index (χ2n) is 4.56. The molecular formula is C14H23NO2. The third kappa shape index (κ3) is 4.65. The molecule has 0 saturated heterocycles. The van der Waals surface area contributed by atoms with E-state index in [9.17, 15) is 0 Å². The Hall–Kier alpha value is -1.22. The molecule has 17 heavy (non-hydrogen) atoms. The average Bonchev–Trinajstić information content (AvgIpc) is 2.34. The predicted octanol–water partition coefficient (Wildman–Crippen LogP) is 2.97. The molecule has 0 aliphatic rings. The zero-order chi connectivity index (χ0) is 12.7. The summed E-state index contributed by atoms with van der Waals surface area (Å²) in [6.45, 7) is 5.66. The van der Waals surface area contributed by atoms with Gasteiger partial charge < -0.3 is 15.2 Å². The molecule has 0 aliphatic carbocycles. The van der Waals surface area contributed by atoms with E-state index in [1.54, 1.807) is 7.11 Å². The molecule has 0 saturated carbocycles. The summed E-state index contributed by atoms with van der Waals surface area (Å²) in [5.41, 5.74) is 6.69. The van der Waals surface area contributed by atoms with Crippen LogP contribution in [0.2, 0.25) is 0 Å². The van der Waals surface area contributed by atoms with E-state index in [2.05, 4.69) is 13.8 Å². The molecule has 3 heteroatoms. The minimum atomic E-state index is 0.469. The zero-order valence-corrected chi connectivity index (χ0v) is 11.0. The molecule has 0 atom stereocenters. The Bertz CT molecular complexity index is 337. The van der Waals surface area contributed by atoms with Crippen molar-refractivity contribution in [2.75, 3.05) is 13.7 Å². The van der Waals surface area contributed by atoms with Crippen LogP contribution in [0.25, 0.3) is 0 Å². The van der Waals surface area contributed by atoms with E-state index >= 15 is 0 Å². The SMILES string of the molecule is COc1ccc(OCCCC(C)C)c(CN)c1. The molecule has 0 radical (unpaired) electrons. The fourth-order valence-corrected chi connectivity index (χ4v) is 1.66. The van der Waals surface area contributed by atoms with Gasteiger partial charge in [0.05, 0.1) is 13.7 Å². The molecule has 1 aromatic rings. The van der Waals surface area contributed by atoms with Crippen LogP contribution in [0.15, 0.2) is 18.2 Å². The lowest BCUT2D eigenvalue weighted by Crippen LogP contribution is -2.05. The number of hydrogen-bond acceptors (Lipinski definition) is 3. The molecule has 0 fully saturated rings. The van der Waals surface area contributed by atoms with Gasteiger partial charge in [-0.3, -0.25) is 0 Å². The Morgan fingerprint density at radius 3 is 2.65 bits per heavy atom. The van der Waals surface area contributed by atoms with Crippen molar-refractivity contribution in [1.82, 2.24) is 0 Å². The van der Waals surface area contributed by atoms with Gasteiger partial charge in [-0.05, 0) is 37.0 Å². The molecular weight excluding hydrogens is 214 g/mol. The molecule has 1 aromatic carbocycles. The quantitative estimate of drug-likeness (QED) is 0.741. The van der Waals surface area contributed by atoms with Crippen LogP contribution in [0.1, 0.15) is 32.3 Å². The van der Waals surface area contributed by atoms with Crippen LogP contribution < -0.4 is 15.2 Å². The van der Waals surface area contributed by atoms with Gasteiger partial charge in [0.15, 0.2) is 0 Å². The Kier molecular flexibility index (Phi) is 5.84. The first-order chi connectivity index (χ1) is 8.17. The van der Waals surface area contributed by atoms with Gasteiger partial charge in [-0.2, -0.15) is 0 Å². The maximum Gasteiger partial charge on any atom is 0.124 e. The minimum Gasteiger partial charge on any atom is -0.497 e. The van der Waals surface area contributed by atoms with Gasteiger partial charge in [0, 0.05) is 12.1 Å². The lowest BCUT2D eigenvalue weighted by atomic mass is 10.1. The summed E-state index contributed by atoms with van der Waals surface area (Å²) in [5.74, 6) is 2.42. The summed E-state index contributed by atoms with van der Waals surface area (Å²) in [6, 6.07) is 5.76. The molecule has 0 aromatic heterocycles. The number of nitrogens with two attached hydrogens (primary N) is 1. The first kappa shape index (κ1) is 13.8. The number of ether oxygens (including phenoxy) is 2. The second-order valence-corrected chi connectivity index (χ2v) is 4.56. The van der Waals surface area contributed by atoms with Crippen LogP contribution in [-0.4, -0.2) is 13.7 Å². The van der Waals surface area contributed by atoms with Crippen molar-refractivity contribution >= 4 is 0 Å². The second kappa shape index (κ2) is 7.17. The summed E-state index contributed by atoms with van der Waals surface area (Å²) in [6.07, 6.45) is 2.27. The Morgan fingerprint density at radius 1 is 1.29 bits per heavy atom. The first-order valence-corrected chi connectivity index (χ1v) is 6.17. The molecule has 0 spiro atoms. The van der Waals surface area contributed by atoms with Crippen molar-refractivity contribution in [2.24, 2.45) is 11.7 Å². The van der Waals surface area contributed by atoms with Crippen molar-refractivity contribution in [1.29, 1.82) is 0 Å². The van der Waals surface area contributed by atoms with Gasteiger partial charge >= 0.3 is 0 Å². The van der Waals surface area contributed by atoms with Crippen molar-refractivity contribution < 1.29 is 9.47 Å². The molecule has 0 heterocycles. The predicted molar refractivity (Wildman–Crippen MR) is 70.5 cm³/mol. The maximum atomic E-state index is 5.74. The van der Waals surface area contributed by atoms with E-state index in [1.165, 1.54) is 6.42 Å². The van der Waals surface area contributed by atoms with Crippen LogP contribution in [0.4, 0.5) is 0 Å². The molecule has 3 nitrogen and oxygen atoms in total. The normalized spacial score (nSPS) is 10.6. The monoisotopic (exact) mass is 237 g/mol. The van der Waals surface area contributed by atoms with Gasteiger partial charge in [0.25, 0.3) is 0 Å². The molecule has 0 amide bonds. The van der Waals surface area contributed by atoms with Crippen molar-refractivity contribution in [3.63, 3.8) is 0 Å². The third-order valence-corrected chi connectivity index (χ3v) is 2.67. The molecule has 0 aliphatic heterocycles. The lowest BCUT2D eigenvalue weighted by molar-refractivity contribution is 0.294. The first-order valence-electron chi connectivity index (χ1n) is 6.17. The number of methoxy groups -OCH3 is 1. The third-order valence-electron chi connectivity index (χ3n) is 2.67. The van der Waals surface area contributed by atoms with Crippen LogP contribution in [0, 0.1) is 5.92 Å². The fourth-order valence-electron chi connectivity index (χ4n) is 1.66. The summed E-state index contributed by atoms with van der Waals surface area (Å²) in [4.78, 5) is 0. The van der Waals surface area contributed by atoms with Gasteiger partial charge in [0.2, 0.25) is 0 Å². The number of benzene rings is 1. The minimum absolute atomic E-state index is 0.469. The molecule has 0 bridgehead atoms. The van der Waals surface area contributed by atoms with Crippen molar-refractivity contribution in [3.05, 3.63) is 23.8 Å². The van der Waals surface area contributed by atoms with E-state index in [0.717, 1.165) is 36.0 Å². The van der Waals surface area contributed by atoms with Gasteiger partial charge in [-0.1, -0.05) is 13.8 Å². The van der Waals surface area contributed by atoms with Gasteiger partial charge in [-0.25, -0.2) is 0 Å². The molecule has 0 unspecified atom stereocenters.